The summed E-state index contributed by atoms with van der Waals surface area (Å²) in [6, 6.07) is 5.57. The van der Waals surface area contributed by atoms with Crippen molar-refractivity contribution < 1.29 is 5.11 Å². The topological polar surface area (TPSA) is 46.2 Å². The molecule has 0 fully saturated rings. The van der Waals surface area contributed by atoms with Crippen molar-refractivity contribution >= 4 is 11.8 Å². The molecule has 0 bridgehead atoms. The molecule has 1 aromatic rings. The van der Waals surface area contributed by atoms with Crippen molar-refractivity contribution in [2.24, 2.45) is 5.73 Å². The van der Waals surface area contributed by atoms with E-state index in [0.29, 0.717) is 18.2 Å². The van der Waals surface area contributed by atoms with Crippen LogP contribution >= 0.6 is 11.8 Å². The second-order valence-electron chi connectivity index (χ2n) is 3.29. The van der Waals surface area contributed by atoms with Gasteiger partial charge in [0.15, 0.2) is 0 Å². The van der Waals surface area contributed by atoms with E-state index >= 15 is 0 Å². The zero-order valence-electron chi connectivity index (χ0n) is 7.36. The molecule has 1 aliphatic heterocycles. The van der Waals surface area contributed by atoms with Gasteiger partial charge in [0.1, 0.15) is 5.75 Å². The second-order valence-corrected chi connectivity index (χ2v) is 4.43. The van der Waals surface area contributed by atoms with E-state index in [2.05, 4.69) is 0 Å². The molecule has 3 N–H and O–H groups in total. The molecule has 0 spiro atoms. The number of aromatic hydroxyl groups is 1. The molecule has 0 aliphatic carbocycles. The van der Waals surface area contributed by atoms with Crippen molar-refractivity contribution in [3.63, 3.8) is 0 Å². The number of thioether (sulfide) groups is 1. The van der Waals surface area contributed by atoms with Crippen molar-refractivity contribution in [2.45, 2.75) is 17.2 Å². The van der Waals surface area contributed by atoms with Crippen LogP contribution in [0.5, 0.6) is 5.75 Å². The van der Waals surface area contributed by atoms with E-state index in [0.717, 1.165) is 12.2 Å². The SMILES string of the molecule is NCC1CCSc2cc(O)ccc21. The van der Waals surface area contributed by atoms with Crippen molar-refractivity contribution in [1.29, 1.82) is 0 Å². The molecule has 3 heteroatoms. The van der Waals surface area contributed by atoms with Gasteiger partial charge in [-0.25, -0.2) is 0 Å². The Kier molecular flexibility index (Phi) is 2.47. The summed E-state index contributed by atoms with van der Waals surface area (Å²) in [5.74, 6) is 1.94. The first-order chi connectivity index (χ1) is 6.31. The summed E-state index contributed by atoms with van der Waals surface area (Å²) in [5.41, 5.74) is 6.99. The fourth-order valence-corrected chi connectivity index (χ4v) is 2.92. The van der Waals surface area contributed by atoms with Gasteiger partial charge in [-0.15, -0.1) is 11.8 Å². The molecule has 2 rings (SSSR count). The second kappa shape index (κ2) is 3.60. The fraction of sp³-hybridized carbons (Fsp3) is 0.400. The van der Waals surface area contributed by atoms with Gasteiger partial charge in [0.25, 0.3) is 0 Å². The third-order valence-electron chi connectivity index (χ3n) is 2.45. The number of phenols is 1. The first kappa shape index (κ1) is 8.91. The standard InChI is InChI=1S/C10H13NOS/c11-6-7-3-4-13-10-5-8(12)1-2-9(7)10/h1-2,5,7,12H,3-4,6,11H2. The first-order valence-electron chi connectivity index (χ1n) is 4.47. The van der Waals surface area contributed by atoms with Gasteiger partial charge in [0.2, 0.25) is 0 Å². The number of hydrogen-bond acceptors (Lipinski definition) is 3. The zero-order chi connectivity index (χ0) is 9.26. The monoisotopic (exact) mass is 195 g/mol. The number of rotatable bonds is 1. The third-order valence-corrected chi connectivity index (χ3v) is 3.55. The van der Waals surface area contributed by atoms with Crippen LogP contribution < -0.4 is 5.73 Å². The van der Waals surface area contributed by atoms with Crippen LogP contribution in [0, 0.1) is 0 Å². The lowest BCUT2D eigenvalue weighted by atomic mass is 9.96. The van der Waals surface area contributed by atoms with Crippen LogP contribution in [-0.4, -0.2) is 17.4 Å². The Morgan fingerprint density at radius 3 is 3.15 bits per heavy atom. The van der Waals surface area contributed by atoms with Gasteiger partial charge in [-0.3, -0.25) is 0 Å². The van der Waals surface area contributed by atoms with E-state index in [1.54, 1.807) is 17.8 Å². The average Bonchev–Trinajstić information content (AvgIpc) is 2.16. The van der Waals surface area contributed by atoms with Crippen LogP contribution in [0.1, 0.15) is 17.9 Å². The highest BCUT2D eigenvalue weighted by atomic mass is 32.2. The van der Waals surface area contributed by atoms with Crippen molar-refractivity contribution in [1.82, 2.24) is 0 Å². The van der Waals surface area contributed by atoms with E-state index in [1.807, 2.05) is 12.1 Å². The lowest BCUT2D eigenvalue weighted by molar-refractivity contribution is 0.472. The zero-order valence-corrected chi connectivity index (χ0v) is 8.18. The normalized spacial score (nSPS) is 21.2. The summed E-state index contributed by atoms with van der Waals surface area (Å²) in [4.78, 5) is 1.20. The maximum atomic E-state index is 9.30. The van der Waals surface area contributed by atoms with E-state index in [9.17, 15) is 5.11 Å². The number of fused-ring (bicyclic) bond motifs is 1. The molecular formula is C10H13NOS. The minimum atomic E-state index is 0.351. The van der Waals surface area contributed by atoms with E-state index in [1.165, 1.54) is 10.5 Å². The van der Waals surface area contributed by atoms with Crippen LogP contribution in [0.3, 0.4) is 0 Å². The number of phenolic OH excluding ortho intramolecular Hbond substituents is 1. The third kappa shape index (κ3) is 1.67. The summed E-state index contributed by atoms with van der Waals surface area (Å²) in [6.07, 6.45) is 1.15. The quantitative estimate of drug-likeness (QED) is 0.719. The lowest BCUT2D eigenvalue weighted by Crippen LogP contribution is -2.16. The van der Waals surface area contributed by atoms with Gasteiger partial charge in [-0.2, -0.15) is 0 Å². The molecule has 0 aromatic heterocycles. The van der Waals surface area contributed by atoms with E-state index < -0.39 is 0 Å². The summed E-state index contributed by atoms with van der Waals surface area (Å²) >= 11 is 1.81. The molecule has 0 radical (unpaired) electrons. The molecule has 70 valence electrons. The largest absolute Gasteiger partial charge is 0.508 e. The molecule has 1 heterocycles. The van der Waals surface area contributed by atoms with Gasteiger partial charge in [0, 0.05) is 4.90 Å². The lowest BCUT2D eigenvalue weighted by Gasteiger charge is -2.23. The molecule has 1 atom stereocenters. The Morgan fingerprint density at radius 2 is 2.38 bits per heavy atom. The first-order valence-corrected chi connectivity index (χ1v) is 5.45. The Morgan fingerprint density at radius 1 is 1.54 bits per heavy atom. The number of benzene rings is 1. The Hall–Kier alpha value is -0.670. The highest BCUT2D eigenvalue weighted by molar-refractivity contribution is 7.99. The molecule has 0 saturated heterocycles. The fourth-order valence-electron chi connectivity index (χ4n) is 1.70. The van der Waals surface area contributed by atoms with Crippen molar-refractivity contribution in [2.75, 3.05) is 12.3 Å². The van der Waals surface area contributed by atoms with E-state index in [4.69, 9.17) is 5.73 Å². The van der Waals surface area contributed by atoms with Crippen molar-refractivity contribution in [3.8, 4) is 5.75 Å². The van der Waals surface area contributed by atoms with Crippen LogP contribution in [0.2, 0.25) is 0 Å². The van der Waals surface area contributed by atoms with Gasteiger partial charge in [-0.1, -0.05) is 6.07 Å². The Bertz CT molecular complexity index is 314. The molecular weight excluding hydrogens is 182 g/mol. The van der Waals surface area contributed by atoms with Gasteiger partial charge in [0.05, 0.1) is 0 Å². The molecule has 1 aliphatic rings. The maximum Gasteiger partial charge on any atom is 0.116 e. The molecule has 13 heavy (non-hydrogen) atoms. The van der Waals surface area contributed by atoms with Gasteiger partial charge >= 0.3 is 0 Å². The Balaban J connectivity index is 2.40. The van der Waals surface area contributed by atoms with Crippen LogP contribution in [0.4, 0.5) is 0 Å². The highest BCUT2D eigenvalue weighted by Crippen LogP contribution is 2.38. The average molecular weight is 195 g/mol. The molecule has 0 amide bonds. The molecule has 0 saturated carbocycles. The molecule has 1 aromatic carbocycles. The summed E-state index contributed by atoms with van der Waals surface area (Å²) in [7, 11) is 0. The van der Waals surface area contributed by atoms with Crippen LogP contribution in [0.15, 0.2) is 23.1 Å². The molecule has 1 unspecified atom stereocenters. The van der Waals surface area contributed by atoms with Crippen molar-refractivity contribution in [3.05, 3.63) is 23.8 Å². The minimum Gasteiger partial charge on any atom is -0.508 e. The smallest absolute Gasteiger partial charge is 0.116 e. The molecule has 2 nitrogen and oxygen atoms in total. The van der Waals surface area contributed by atoms with Gasteiger partial charge in [-0.05, 0) is 42.3 Å². The van der Waals surface area contributed by atoms with E-state index in [-0.39, 0.29) is 0 Å². The Labute approximate surface area is 82.1 Å². The number of hydrogen-bond donors (Lipinski definition) is 2. The summed E-state index contributed by atoms with van der Waals surface area (Å²) < 4.78 is 0. The van der Waals surface area contributed by atoms with Crippen LogP contribution in [-0.2, 0) is 0 Å². The maximum absolute atomic E-state index is 9.30. The number of nitrogens with two attached hydrogens (primary N) is 1. The van der Waals surface area contributed by atoms with Gasteiger partial charge < -0.3 is 10.8 Å². The predicted octanol–water partition coefficient (Wildman–Crippen LogP) is 1.93. The summed E-state index contributed by atoms with van der Waals surface area (Å²) in [5, 5.41) is 9.30. The predicted molar refractivity (Wildman–Crippen MR) is 55.2 cm³/mol. The van der Waals surface area contributed by atoms with Crippen LogP contribution in [0.25, 0.3) is 0 Å². The highest BCUT2D eigenvalue weighted by Gasteiger charge is 2.19. The summed E-state index contributed by atoms with van der Waals surface area (Å²) in [6.45, 7) is 0.707. The minimum absolute atomic E-state index is 0.351.